The van der Waals surface area contributed by atoms with Crippen LogP contribution in [0.5, 0.6) is 0 Å². The summed E-state index contributed by atoms with van der Waals surface area (Å²) in [4.78, 5) is 51.8. The number of amides is 3. The number of aliphatic carboxylic acids is 1. The fraction of sp³-hybridized carbons (Fsp3) is 0.250. The van der Waals surface area contributed by atoms with Crippen molar-refractivity contribution in [3.63, 3.8) is 0 Å². The van der Waals surface area contributed by atoms with Gasteiger partial charge >= 0.3 is 5.97 Å². The lowest BCUT2D eigenvalue weighted by Crippen LogP contribution is -2.56. The molecule has 0 aliphatic rings. The number of carbonyl (C=O) groups is 4. The number of primary amides is 1. The number of nitrogens with one attached hydrogen (secondary N) is 3. The first-order valence-electron chi connectivity index (χ1n) is 10.7. The molecule has 3 aromatic rings. The first-order valence-corrected chi connectivity index (χ1v) is 10.7. The molecule has 10 nitrogen and oxygen atoms in total. The minimum absolute atomic E-state index is 0.0663. The highest BCUT2D eigenvalue weighted by Gasteiger charge is 2.29. The van der Waals surface area contributed by atoms with Crippen LogP contribution in [0.2, 0.25) is 0 Å². The van der Waals surface area contributed by atoms with Crippen LogP contribution in [-0.2, 0) is 32.0 Å². The second kappa shape index (κ2) is 11.1. The van der Waals surface area contributed by atoms with Gasteiger partial charge in [0, 0.05) is 29.9 Å². The van der Waals surface area contributed by atoms with Gasteiger partial charge in [-0.15, -0.1) is 0 Å². The van der Waals surface area contributed by atoms with Gasteiger partial charge in [-0.05, 0) is 17.2 Å². The second-order valence-corrected chi connectivity index (χ2v) is 7.99. The van der Waals surface area contributed by atoms with Crippen LogP contribution in [0.3, 0.4) is 0 Å². The van der Waals surface area contributed by atoms with E-state index in [1.165, 1.54) is 0 Å². The van der Waals surface area contributed by atoms with Crippen molar-refractivity contribution < 1.29 is 24.3 Å². The van der Waals surface area contributed by atoms with E-state index in [9.17, 15) is 24.3 Å². The molecule has 0 aliphatic carbocycles. The number of carboxylic acid groups (broad SMARTS) is 1. The highest BCUT2D eigenvalue weighted by molar-refractivity contribution is 5.94. The van der Waals surface area contributed by atoms with Crippen LogP contribution in [0.15, 0.2) is 60.8 Å². The predicted molar refractivity (Wildman–Crippen MR) is 125 cm³/mol. The van der Waals surface area contributed by atoms with E-state index in [-0.39, 0.29) is 19.3 Å². The number of aromatic nitrogens is 1. The molecule has 0 saturated heterocycles. The molecule has 0 saturated carbocycles. The van der Waals surface area contributed by atoms with E-state index in [4.69, 9.17) is 11.5 Å². The van der Waals surface area contributed by atoms with E-state index in [1.807, 2.05) is 24.3 Å². The highest BCUT2D eigenvalue weighted by atomic mass is 16.4. The number of fused-ring (bicyclic) bond motifs is 1. The van der Waals surface area contributed by atoms with Crippen molar-refractivity contribution >= 4 is 34.6 Å². The number of aromatic amines is 1. The largest absolute Gasteiger partial charge is 0.480 e. The summed E-state index contributed by atoms with van der Waals surface area (Å²) in [5.41, 5.74) is 13.2. The number of benzene rings is 2. The summed E-state index contributed by atoms with van der Waals surface area (Å²) in [5, 5.41) is 15.6. The monoisotopic (exact) mass is 465 g/mol. The summed E-state index contributed by atoms with van der Waals surface area (Å²) in [5.74, 6) is -3.39. The molecule has 3 atom stereocenters. The normalized spacial score (nSPS) is 13.6. The van der Waals surface area contributed by atoms with Gasteiger partial charge in [0.05, 0.1) is 12.5 Å². The Morgan fingerprint density at radius 2 is 1.53 bits per heavy atom. The Bertz CT molecular complexity index is 1180. The van der Waals surface area contributed by atoms with Crippen molar-refractivity contribution in [2.24, 2.45) is 11.5 Å². The van der Waals surface area contributed by atoms with Crippen LogP contribution in [0.4, 0.5) is 0 Å². The van der Waals surface area contributed by atoms with E-state index in [1.54, 1.807) is 36.5 Å². The molecule has 3 amide bonds. The average Bonchev–Trinajstić information content (AvgIpc) is 3.21. The van der Waals surface area contributed by atoms with Gasteiger partial charge in [-0.1, -0.05) is 48.5 Å². The molecule has 3 rings (SSSR count). The third-order valence-electron chi connectivity index (χ3n) is 5.39. The molecule has 1 aromatic heterocycles. The van der Waals surface area contributed by atoms with Crippen LogP contribution in [0.1, 0.15) is 17.5 Å². The summed E-state index contributed by atoms with van der Waals surface area (Å²) in [7, 11) is 0. The van der Waals surface area contributed by atoms with Crippen LogP contribution >= 0.6 is 0 Å². The molecule has 2 aromatic carbocycles. The number of carbonyl (C=O) groups excluding carboxylic acids is 3. The zero-order chi connectivity index (χ0) is 24.7. The van der Waals surface area contributed by atoms with Crippen LogP contribution in [-0.4, -0.2) is 51.9 Å². The zero-order valence-electron chi connectivity index (χ0n) is 18.4. The van der Waals surface area contributed by atoms with E-state index >= 15 is 0 Å². The van der Waals surface area contributed by atoms with Gasteiger partial charge in [-0.3, -0.25) is 14.4 Å². The lowest BCUT2D eigenvalue weighted by atomic mass is 10.0. The Morgan fingerprint density at radius 3 is 2.21 bits per heavy atom. The quantitative estimate of drug-likeness (QED) is 0.235. The molecule has 34 heavy (non-hydrogen) atoms. The number of hydrogen-bond donors (Lipinski definition) is 6. The fourth-order valence-corrected chi connectivity index (χ4v) is 3.64. The van der Waals surface area contributed by atoms with Crippen LogP contribution < -0.4 is 22.1 Å². The molecular formula is C24H27N5O5. The van der Waals surface area contributed by atoms with Gasteiger partial charge in [0.15, 0.2) is 0 Å². The summed E-state index contributed by atoms with van der Waals surface area (Å²) < 4.78 is 0. The van der Waals surface area contributed by atoms with Crippen molar-refractivity contribution in [1.29, 1.82) is 0 Å². The van der Waals surface area contributed by atoms with E-state index < -0.39 is 41.8 Å². The predicted octanol–water partition coefficient (Wildman–Crippen LogP) is 0.210. The molecule has 0 spiro atoms. The van der Waals surface area contributed by atoms with Gasteiger partial charge in [0.1, 0.15) is 12.1 Å². The average molecular weight is 466 g/mol. The van der Waals surface area contributed by atoms with Crippen molar-refractivity contribution in [1.82, 2.24) is 15.6 Å². The molecule has 0 fully saturated rings. The minimum Gasteiger partial charge on any atom is -0.480 e. The number of rotatable bonds is 11. The van der Waals surface area contributed by atoms with E-state index in [2.05, 4.69) is 15.6 Å². The van der Waals surface area contributed by atoms with E-state index in [0.29, 0.717) is 0 Å². The number of hydrogen-bond acceptors (Lipinski definition) is 5. The maximum atomic E-state index is 13.2. The summed E-state index contributed by atoms with van der Waals surface area (Å²) in [6.45, 7) is 0. The van der Waals surface area contributed by atoms with Crippen LogP contribution in [0, 0.1) is 0 Å². The Morgan fingerprint density at radius 1 is 0.882 bits per heavy atom. The first-order chi connectivity index (χ1) is 16.2. The van der Waals surface area contributed by atoms with Gasteiger partial charge in [0.25, 0.3) is 0 Å². The maximum Gasteiger partial charge on any atom is 0.326 e. The maximum absolute atomic E-state index is 13.2. The molecule has 178 valence electrons. The fourth-order valence-electron chi connectivity index (χ4n) is 3.64. The van der Waals surface area contributed by atoms with Gasteiger partial charge in [0.2, 0.25) is 17.7 Å². The van der Waals surface area contributed by atoms with E-state index in [0.717, 1.165) is 22.0 Å². The lowest BCUT2D eigenvalue weighted by Gasteiger charge is -2.23. The Kier molecular flexibility index (Phi) is 7.99. The Labute approximate surface area is 195 Å². The Balaban J connectivity index is 1.81. The van der Waals surface area contributed by atoms with Crippen molar-refractivity contribution in [3.05, 3.63) is 71.9 Å². The summed E-state index contributed by atoms with van der Waals surface area (Å²) in [6, 6.07) is 12.7. The molecule has 10 heteroatoms. The number of H-pyrrole nitrogens is 1. The zero-order valence-corrected chi connectivity index (χ0v) is 18.4. The number of nitrogens with two attached hydrogens (primary N) is 2. The van der Waals surface area contributed by atoms with Gasteiger partial charge in [-0.2, -0.15) is 0 Å². The SMILES string of the molecule is NC(=O)C[C@H](N)C(=O)N[C@@H](Cc1c[nH]c2ccccc12)C(=O)N[C@@H](Cc1ccccc1)C(=O)O. The molecule has 0 aliphatic heterocycles. The first kappa shape index (κ1) is 24.5. The molecule has 8 N–H and O–H groups in total. The topological polar surface area (TPSA) is 180 Å². The number of para-hydroxylation sites is 1. The molecule has 1 heterocycles. The standard InChI is InChI=1S/C24H27N5O5/c25-17(12-21(26)30)22(31)28-19(11-15-13-27-18-9-5-4-8-16(15)18)23(32)29-20(24(33)34)10-14-6-2-1-3-7-14/h1-9,13,17,19-20,27H,10-12,25H2,(H2,26,30)(H,28,31)(H,29,32)(H,33,34)/t17-,19-,20-/m0/s1. The second-order valence-electron chi connectivity index (χ2n) is 7.99. The van der Waals surface area contributed by atoms with Crippen LogP contribution in [0.25, 0.3) is 10.9 Å². The molecule has 0 unspecified atom stereocenters. The lowest BCUT2D eigenvalue weighted by molar-refractivity contribution is -0.142. The number of carboxylic acids is 1. The third-order valence-corrected chi connectivity index (χ3v) is 5.39. The minimum atomic E-state index is -1.24. The molecule has 0 bridgehead atoms. The smallest absolute Gasteiger partial charge is 0.326 e. The summed E-state index contributed by atoms with van der Waals surface area (Å²) >= 11 is 0. The van der Waals surface area contributed by atoms with Crippen molar-refractivity contribution in [2.75, 3.05) is 0 Å². The van der Waals surface area contributed by atoms with Gasteiger partial charge in [-0.25, -0.2) is 4.79 Å². The van der Waals surface area contributed by atoms with Crippen molar-refractivity contribution in [2.45, 2.75) is 37.4 Å². The third kappa shape index (κ3) is 6.42. The summed E-state index contributed by atoms with van der Waals surface area (Å²) in [6.07, 6.45) is 1.47. The molecule has 0 radical (unpaired) electrons. The van der Waals surface area contributed by atoms with Crippen molar-refractivity contribution in [3.8, 4) is 0 Å². The highest BCUT2D eigenvalue weighted by Crippen LogP contribution is 2.19. The Hall–Kier alpha value is -4.18. The molecular weight excluding hydrogens is 438 g/mol. The van der Waals surface area contributed by atoms with Gasteiger partial charge < -0.3 is 32.2 Å².